The van der Waals surface area contributed by atoms with E-state index in [1.54, 1.807) is 0 Å². The lowest BCUT2D eigenvalue weighted by molar-refractivity contribution is 0.402. The minimum absolute atomic E-state index is 0.716. The zero-order valence-electron chi connectivity index (χ0n) is 11.8. The Morgan fingerprint density at radius 3 is 1.81 bits per heavy atom. The standard InChI is InChI=1S/C16H30/c1-6-9-15(4)12-8-13-16(5)11-7-10-14(2)3/h1,14-16H,7-13H2,2-5H3. The Bertz CT molecular complexity index is 185. The van der Waals surface area contributed by atoms with Gasteiger partial charge in [-0.15, -0.1) is 12.3 Å². The molecule has 2 atom stereocenters. The van der Waals surface area contributed by atoms with E-state index in [-0.39, 0.29) is 0 Å². The van der Waals surface area contributed by atoms with Crippen molar-refractivity contribution >= 4 is 0 Å². The summed E-state index contributed by atoms with van der Waals surface area (Å²) in [6.07, 6.45) is 14.5. The van der Waals surface area contributed by atoms with E-state index in [0.29, 0.717) is 5.92 Å². The quantitative estimate of drug-likeness (QED) is 0.466. The lowest BCUT2D eigenvalue weighted by Crippen LogP contribution is -1.99. The lowest BCUT2D eigenvalue weighted by atomic mass is 9.93. The molecule has 0 rings (SSSR count). The minimum Gasteiger partial charge on any atom is -0.120 e. The summed E-state index contributed by atoms with van der Waals surface area (Å²) in [7, 11) is 0. The maximum absolute atomic E-state index is 5.30. The van der Waals surface area contributed by atoms with Gasteiger partial charge < -0.3 is 0 Å². The van der Waals surface area contributed by atoms with E-state index < -0.39 is 0 Å². The highest BCUT2D eigenvalue weighted by atomic mass is 14.1. The van der Waals surface area contributed by atoms with E-state index in [1.165, 1.54) is 38.5 Å². The first-order valence-electron chi connectivity index (χ1n) is 6.99. The van der Waals surface area contributed by atoms with Crippen molar-refractivity contribution in [2.75, 3.05) is 0 Å². The van der Waals surface area contributed by atoms with E-state index in [9.17, 15) is 0 Å². The molecule has 0 saturated carbocycles. The van der Waals surface area contributed by atoms with Gasteiger partial charge in [-0.1, -0.05) is 59.8 Å². The van der Waals surface area contributed by atoms with E-state index in [1.807, 2.05) is 0 Å². The van der Waals surface area contributed by atoms with Crippen LogP contribution in [0.4, 0.5) is 0 Å². The molecule has 0 spiro atoms. The van der Waals surface area contributed by atoms with Crippen LogP contribution in [-0.2, 0) is 0 Å². The van der Waals surface area contributed by atoms with Crippen molar-refractivity contribution in [3.63, 3.8) is 0 Å². The molecule has 0 heterocycles. The Hall–Kier alpha value is -0.440. The van der Waals surface area contributed by atoms with Crippen molar-refractivity contribution in [1.82, 2.24) is 0 Å². The van der Waals surface area contributed by atoms with Crippen LogP contribution in [-0.4, -0.2) is 0 Å². The van der Waals surface area contributed by atoms with Gasteiger partial charge in [-0.2, -0.15) is 0 Å². The van der Waals surface area contributed by atoms with Crippen molar-refractivity contribution in [2.24, 2.45) is 17.8 Å². The summed E-state index contributed by atoms with van der Waals surface area (Å²) < 4.78 is 0. The fourth-order valence-corrected chi connectivity index (χ4v) is 2.14. The van der Waals surface area contributed by atoms with E-state index >= 15 is 0 Å². The Labute approximate surface area is 103 Å². The van der Waals surface area contributed by atoms with Crippen molar-refractivity contribution < 1.29 is 0 Å². The van der Waals surface area contributed by atoms with E-state index in [2.05, 4.69) is 33.6 Å². The molecule has 0 N–H and O–H groups in total. The zero-order chi connectivity index (χ0) is 12.4. The average molecular weight is 222 g/mol. The SMILES string of the molecule is C#CCC(C)CCCC(C)CCCC(C)C. The molecule has 0 aliphatic rings. The third kappa shape index (κ3) is 10.1. The molecular weight excluding hydrogens is 192 g/mol. The molecule has 94 valence electrons. The highest BCUT2D eigenvalue weighted by Crippen LogP contribution is 2.19. The molecule has 0 aliphatic heterocycles. The smallest absolute Gasteiger partial charge is 0.0112 e. The second kappa shape index (κ2) is 9.76. The molecule has 0 nitrogen and oxygen atoms in total. The van der Waals surface area contributed by atoms with Gasteiger partial charge in [0.15, 0.2) is 0 Å². The molecule has 0 aromatic heterocycles. The Balaban J connectivity index is 3.37. The molecule has 0 bridgehead atoms. The molecule has 0 amide bonds. The van der Waals surface area contributed by atoms with Crippen LogP contribution in [0.5, 0.6) is 0 Å². The van der Waals surface area contributed by atoms with Gasteiger partial charge in [0.25, 0.3) is 0 Å². The highest BCUT2D eigenvalue weighted by Gasteiger charge is 2.05. The van der Waals surface area contributed by atoms with Crippen LogP contribution in [0.1, 0.15) is 72.6 Å². The molecule has 0 fully saturated rings. The molecule has 0 heteroatoms. The molecule has 0 aromatic carbocycles. The molecule has 0 aromatic rings. The summed E-state index contributed by atoms with van der Waals surface area (Å²) in [6, 6.07) is 0. The van der Waals surface area contributed by atoms with Gasteiger partial charge in [-0.25, -0.2) is 0 Å². The Morgan fingerprint density at radius 2 is 1.31 bits per heavy atom. The van der Waals surface area contributed by atoms with E-state index in [4.69, 9.17) is 6.42 Å². The first-order valence-corrected chi connectivity index (χ1v) is 6.99. The van der Waals surface area contributed by atoms with Crippen molar-refractivity contribution in [1.29, 1.82) is 0 Å². The summed E-state index contributed by atoms with van der Waals surface area (Å²) in [5.41, 5.74) is 0. The fourth-order valence-electron chi connectivity index (χ4n) is 2.14. The monoisotopic (exact) mass is 222 g/mol. The van der Waals surface area contributed by atoms with Crippen molar-refractivity contribution in [3.05, 3.63) is 0 Å². The lowest BCUT2D eigenvalue weighted by Gasteiger charge is -2.13. The van der Waals surface area contributed by atoms with Crippen LogP contribution in [0.2, 0.25) is 0 Å². The third-order valence-corrected chi connectivity index (χ3v) is 3.34. The average Bonchev–Trinajstić information content (AvgIpc) is 2.17. The van der Waals surface area contributed by atoms with Crippen LogP contribution in [0.25, 0.3) is 0 Å². The molecule has 2 unspecified atom stereocenters. The summed E-state index contributed by atoms with van der Waals surface area (Å²) in [4.78, 5) is 0. The third-order valence-electron chi connectivity index (χ3n) is 3.34. The van der Waals surface area contributed by atoms with Gasteiger partial charge in [0.2, 0.25) is 0 Å². The number of terminal acetylenes is 1. The molecule has 16 heavy (non-hydrogen) atoms. The summed E-state index contributed by atoms with van der Waals surface area (Å²) in [5.74, 6) is 5.23. The Morgan fingerprint density at radius 1 is 0.812 bits per heavy atom. The van der Waals surface area contributed by atoms with Crippen LogP contribution < -0.4 is 0 Å². The molecule has 0 aliphatic carbocycles. The van der Waals surface area contributed by atoms with Crippen molar-refractivity contribution in [2.45, 2.75) is 72.6 Å². The number of hydrogen-bond acceptors (Lipinski definition) is 0. The largest absolute Gasteiger partial charge is 0.120 e. The van der Waals surface area contributed by atoms with Gasteiger partial charge in [0, 0.05) is 6.42 Å². The van der Waals surface area contributed by atoms with Gasteiger partial charge >= 0.3 is 0 Å². The maximum Gasteiger partial charge on any atom is 0.0112 e. The molecule has 0 radical (unpaired) electrons. The highest BCUT2D eigenvalue weighted by molar-refractivity contribution is 4.85. The van der Waals surface area contributed by atoms with Gasteiger partial charge in [0.1, 0.15) is 0 Å². The molecular formula is C16H30. The van der Waals surface area contributed by atoms with Crippen LogP contribution in [0.15, 0.2) is 0 Å². The first kappa shape index (κ1) is 15.6. The topological polar surface area (TPSA) is 0 Å². The molecule has 0 saturated heterocycles. The summed E-state index contributed by atoms with van der Waals surface area (Å²) >= 11 is 0. The fraction of sp³-hybridized carbons (Fsp3) is 0.875. The van der Waals surface area contributed by atoms with Crippen LogP contribution in [0, 0.1) is 30.1 Å². The number of rotatable bonds is 9. The Kier molecular flexibility index (Phi) is 9.49. The predicted molar refractivity (Wildman–Crippen MR) is 74.3 cm³/mol. The van der Waals surface area contributed by atoms with Gasteiger partial charge in [-0.05, 0) is 24.2 Å². The predicted octanol–water partition coefficient (Wildman–Crippen LogP) is 5.28. The normalized spacial score (nSPS) is 14.8. The van der Waals surface area contributed by atoms with Crippen molar-refractivity contribution in [3.8, 4) is 12.3 Å². The van der Waals surface area contributed by atoms with E-state index in [0.717, 1.165) is 18.3 Å². The second-order valence-corrected chi connectivity index (χ2v) is 5.87. The summed E-state index contributed by atoms with van der Waals surface area (Å²) in [5, 5.41) is 0. The first-order chi connectivity index (χ1) is 7.56. The summed E-state index contributed by atoms with van der Waals surface area (Å²) in [6.45, 7) is 9.29. The number of hydrogen-bond donors (Lipinski definition) is 0. The maximum atomic E-state index is 5.30. The van der Waals surface area contributed by atoms with Crippen LogP contribution >= 0.6 is 0 Å². The van der Waals surface area contributed by atoms with Gasteiger partial charge in [0.05, 0.1) is 0 Å². The van der Waals surface area contributed by atoms with Crippen LogP contribution in [0.3, 0.4) is 0 Å². The minimum atomic E-state index is 0.716. The second-order valence-electron chi connectivity index (χ2n) is 5.87. The zero-order valence-corrected chi connectivity index (χ0v) is 11.8. The van der Waals surface area contributed by atoms with Gasteiger partial charge in [-0.3, -0.25) is 0 Å².